The number of rotatable bonds is 6. The van der Waals surface area contributed by atoms with Crippen molar-refractivity contribution >= 4 is 11.8 Å². The SMILES string of the molecule is CCC(CC)C(C)Nc1nc(C(F)(F)F)ccc1C(=O)O. The second-order valence-electron chi connectivity index (χ2n) is 4.91. The first-order chi connectivity index (χ1) is 9.70. The Morgan fingerprint density at radius 3 is 2.33 bits per heavy atom. The number of carboxylic acids is 1. The first-order valence-electron chi connectivity index (χ1n) is 6.78. The molecule has 0 spiro atoms. The fourth-order valence-corrected chi connectivity index (χ4v) is 2.23. The molecule has 1 heterocycles. The van der Waals surface area contributed by atoms with E-state index < -0.39 is 17.8 Å². The Morgan fingerprint density at radius 1 is 1.33 bits per heavy atom. The van der Waals surface area contributed by atoms with Crippen molar-refractivity contribution in [3.8, 4) is 0 Å². The van der Waals surface area contributed by atoms with Gasteiger partial charge in [-0.15, -0.1) is 0 Å². The predicted molar refractivity (Wildman–Crippen MR) is 73.4 cm³/mol. The van der Waals surface area contributed by atoms with E-state index >= 15 is 0 Å². The molecule has 0 bridgehead atoms. The fourth-order valence-electron chi connectivity index (χ4n) is 2.23. The molecule has 0 amide bonds. The van der Waals surface area contributed by atoms with Gasteiger partial charge >= 0.3 is 12.1 Å². The average Bonchev–Trinajstić information content (AvgIpc) is 2.38. The van der Waals surface area contributed by atoms with Gasteiger partial charge in [-0.05, 0) is 25.0 Å². The lowest BCUT2D eigenvalue weighted by molar-refractivity contribution is -0.141. The number of nitrogens with one attached hydrogen (secondary N) is 1. The van der Waals surface area contributed by atoms with Crippen LogP contribution in [-0.2, 0) is 6.18 Å². The molecule has 0 saturated heterocycles. The van der Waals surface area contributed by atoms with Crippen molar-refractivity contribution in [1.29, 1.82) is 0 Å². The van der Waals surface area contributed by atoms with Crippen LogP contribution in [0.25, 0.3) is 0 Å². The van der Waals surface area contributed by atoms with Gasteiger partial charge in [-0.1, -0.05) is 26.7 Å². The Hall–Kier alpha value is -1.79. The van der Waals surface area contributed by atoms with E-state index in [9.17, 15) is 18.0 Å². The summed E-state index contributed by atoms with van der Waals surface area (Å²) in [5.41, 5.74) is -1.37. The van der Waals surface area contributed by atoms with E-state index in [0.717, 1.165) is 18.9 Å². The summed E-state index contributed by atoms with van der Waals surface area (Å²) in [6.07, 6.45) is -2.93. The number of aromatic nitrogens is 1. The maximum absolute atomic E-state index is 12.7. The van der Waals surface area contributed by atoms with Gasteiger partial charge in [0.05, 0.1) is 0 Å². The third-order valence-corrected chi connectivity index (χ3v) is 3.54. The van der Waals surface area contributed by atoms with Crippen molar-refractivity contribution in [2.75, 3.05) is 5.32 Å². The number of aromatic carboxylic acids is 1. The van der Waals surface area contributed by atoms with Gasteiger partial charge in [-0.25, -0.2) is 9.78 Å². The molecule has 0 fully saturated rings. The zero-order valence-corrected chi connectivity index (χ0v) is 12.2. The van der Waals surface area contributed by atoms with Gasteiger partial charge in [0.2, 0.25) is 0 Å². The minimum absolute atomic E-state index is 0.172. The van der Waals surface area contributed by atoms with E-state index in [0.29, 0.717) is 6.07 Å². The molecule has 0 radical (unpaired) electrons. The smallest absolute Gasteiger partial charge is 0.433 e. The maximum atomic E-state index is 12.7. The first-order valence-corrected chi connectivity index (χ1v) is 6.78. The Labute approximate surface area is 121 Å². The van der Waals surface area contributed by atoms with Crippen molar-refractivity contribution in [1.82, 2.24) is 4.98 Å². The molecule has 1 aromatic heterocycles. The highest BCUT2D eigenvalue weighted by atomic mass is 19.4. The van der Waals surface area contributed by atoms with Gasteiger partial charge in [0, 0.05) is 6.04 Å². The number of anilines is 1. The van der Waals surface area contributed by atoms with Crippen LogP contribution in [0.15, 0.2) is 12.1 Å². The van der Waals surface area contributed by atoms with Gasteiger partial charge in [0.25, 0.3) is 0 Å². The summed E-state index contributed by atoms with van der Waals surface area (Å²) in [5, 5.41) is 11.9. The lowest BCUT2D eigenvalue weighted by Crippen LogP contribution is -2.27. The second-order valence-corrected chi connectivity index (χ2v) is 4.91. The molecular formula is C14H19F3N2O2. The van der Waals surface area contributed by atoms with Gasteiger partial charge in [-0.3, -0.25) is 0 Å². The van der Waals surface area contributed by atoms with Crippen molar-refractivity contribution in [3.63, 3.8) is 0 Å². The number of halogens is 3. The molecule has 0 aliphatic rings. The molecule has 118 valence electrons. The van der Waals surface area contributed by atoms with E-state index in [1.54, 1.807) is 0 Å². The molecule has 7 heteroatoms. The zero-order chi connectivity index (χ0) is 16.2. The van der Waals surface area contributed by atoms with Crippen LogP contribution in [0.5, 0.6) is 0 Å². The molecule has 1 atom stereocenters. The summed E-state index contributed by atoms with van der Waals surface area (Å²) < 4.78 is 38.1. The lowest BCUT2D eigenvalue weighted by Gasteiger charge is -2.24. The number of nitrogens with zero attached hydrogens (tertiary/aromatic N) is 1. The number of carbonyl (C=O) groups is 1. The minimum atomic E-state index is -4.61. The first kappa shape index (κ1) is 17.3. The van der Waals surface area contributed by atoms with Crippen LogP contribution in [0.3, 0.4) is 0 Å². The Balaban J connectivity index is 3.15. The Bertz CT molecular complexity index is 499. The summed E-state index contributed by atoms with van der Waals surface area (Å²) in [5.74, 6) is -1.32. The minimum Gasteiger partial charge on any atom is -0.478 e. The van der Waals surface area contributed by atoms with E-state index in [2.05, 4.69) is 10.3 Å². The number of pyridine rings is 1. The summed E-state index contributed by atoms with van der Waals surface area (Å²) >= 11 is 0. The second kappa shape index (κ2) is 6.78. The van der Waals surface area contributed by atoms with Gasteiger partial charge < -0.3 is 10.4 Å². The van der Waals surface area contributed by atoms with E-state index in [1.807, 2.05) is 20.8 Å². The van der Waals surface area contributed by atoms with Crippen LogP contribution in [-0.4, -0.2) is 22.1 Å². The number of hydrogen-bond donors (Lipinski definition) is 2. The summed E-state index contributed by atoms with van der Waals surface area (Å²) in [7, 11) is 0. The molecule has 2 N–H and O–H groups in total. The van der Waals surface area contributed by atoms with Crippen LogP contribution in [0.2, 0.25) is 0 Å². The molecule has 21 heavy (non-hydrogen) atoms. The van der Waals surface area contributed by atoms with Crippen LogP contribution in [0.1, 0.15) is 49.7 Å². The largest absolute Gasteiger partial charge is 0.478 e. The summed E-state index contributed by atoms with van der Waals surface area (Å²) in [4.78, 5) is 14.6. The maximum Gasteiger partial charge on any atom is 0.433 e. The molecule has 1 unspecified atom stereocenters. The molecule has 4 nitrogen and oxygen atoms in total. The van der Waals surface area contributed by atoms with Crippen LogP contribution < -0.4 is 5.32 Å². The monoisotopic (exact) mass is 304 g/mol. The van der Waals surface area contributed by atoms with Crippen molar-refractivity contribution in [2.24, 2.45) is 5.92 Å². The summed E-state index contributed by atoms with van der Waals surface area (Å²) in [6.45, 7) is 5.76. The Morgan fingerprint density at radius 2 is 1.90 bits per heavy atom. The van der Waals surface area contributed by atoms with Crippen molar-refractivity contribution < 1.29 is 23.1 Å². The number of hydrogen-bond acceptors (Lipinski definition) is 3. The van der Waals surface area contributed by atoms with Crippen LogP contribution in [0.4, 0.5) is 19.0 Å². The highest BCUT2D eigenvalue weighted by Crippen LogP contribution is 2.30. The quantitative estimate of drug-likeness (QED) is 0.832. The third-order valence-electron chi connectivity index (χ3n) is 3.54. The molecule has 0 aliphatic heterocycles. The highest BCUT2D eigenvalue weighted by molar-refractivity contribution is 5.93. The predicted octanol–water partition coefficient (Wildman–Crippen LogP) is 4.04. The Kier molecular flexibility index (Phi) is 5.57. The molecule has 1 aromatic rings. The number of carboxylic acid groups (broad SMARTS) is 1. The van der Waals surface area contributed by atoms with Crippen LogP contribution >= 0.6 is 0 Å². The van der Waals surface area contributed by atoms with E-state index in [1.165, 1.54) is 0 Å². The standard InChI is InChI=1S/C14H19F3N2O2/c1-4-9(5-2)8(3)18-12-10(13(20)21)6-7-11(19-12)14(15,16)17/h6-9H,4-5H2,1-3H3,(H,18,19)(H,20,21). The lowest BCUT2D eigenvalue weighted by atomic mass is 9.95. The van der Waals surface area contributed by atoms with E-state index in [4.69, 9.17) is 5.11 Å². The average molecular weight is 304 g/mol. The van der Waals surface area contributed by atoms with Crippen molar-refractivity contribution in [3.05, 3.63) is 23.4 Å². The van der Waals surface area contributed by atoms with E-state index in [-0.39, 0.29) is 23.3 Å². The van der Waals surface area contributed by atoms with Gasteiger partial charge in [-0.2, -0.15) is 13.2 Å². The van der Waals surface area contributed by atoms with Crippen LogP contribution in [0, 0.1) is 5.92 Å². The molecule has 0 aromatic carbocycles. The van der Waals surface area contributed by atoms with Gasteiger partial charge in [0.1, 0.15) is 17.1 Å². The normalized spacial score (nSPS) is 13.3. The third kappa shape index (κ3) is 4.34. The molecule has 0 saturated carbocycles. The molecular weight excluding hydrogens is 285 g/mol. The fraction of sp³-hybridized carbons (Fsp3) is 0.571. The number of alkyl halides is 3. The summed E-state index contributed by atoms with van der Waals surface area (Å²) in [6, 6.07) is 1.44. The van der Waals surface area contributed by atoms with Gasteiger partial charge in [0.15, 0.2) is 0 Å². The molecule has 0 aliphatic carbocycles. The highest BCUT2D eigenvalue weighted by Gasteiger charge is 2.33. The topological polar surface area (TPSA) is 62.2 Å². The zero-order valence-electron chi connectivity index (χ0n) is 12.2. The van der Waals surface area contributed by atoms with Crippen molar-refractivity contribution in [2.45, 2.75) is 45.8 Å². The molecule has 1 rings (SSSR count).